The zero-order valence-electron chi connectivity index (χ0n) is 16.2. The molecule has 0 radical (unpaired) electrons. The zero-order valence-corrected chi connectivity index (χ0v) is 17.8. The Morgan fingerprint density at radius 3 is 2.63 bits per heavy atom. The van der Waals surface area contributed by atoms with Crippen LogP contribution in [-0.2, 0) is 9.53 Å². The van der Waals surface area contributed by atoms with Gasteiger partial charge in [-0.3, -0.25) is 9.69 Å². The minimum atomic E-state index is -1.37. The molecule has 7 nitrogen and oxygen atoms in total. The molecule has 9 heteroatoms. The highest BCUT2D eigenvalue weighted by Crippen LogP contribution is 2.30. The molecule has 0 aliphatic carbocycles. The van der Waals surface area contributed by atoms with Gasteiger partial charge in [0.25, 0.3) is 0 Å². The van der Waals surface area contributed by atoms with Gasteiger partial charge in [0.05, 0.1) is 11.4 Å². The maximum Gasteiger partial charge on any atom is 0.241 e. The predicted molar refractivity (Wildman–Crippen MR) is 107 cm³/mol. The lowest BCUT2D eigenvalue weighted by atomic mass is 9.93. The Hall–Kier alpha value is -0.350. The Kier molecular flexibility index (Phi) is 8.42. The second kappa shape index (κ2) is 9.91. The minimum absolute atomic E-state index is 0.224. The van der Waals surface area contributed by atoms with Crippen molar-refractivity contribution in [1.82, 2.24) is 10.2 Å². The lowest BCUT2D eigenvalue weighted by molar-refractivity contribution is -0.205. The molecule has 8 atom stereocenters. The largest absolute Gasteiger partial charge is 0.388 e. The number of likely N-dealkylation sites (N-methyl/N-ethyl adjacent to an activating group) is 1. The maximum atomic E-state index is 12.9. The van der Waals surface area contributed by atoms with Crippen molar-refractivity contribution in [1.29, 1.82) is 0 Å². The number of ether oxygens (including phenoxy) is 1. The Bertz CT molecular complexity index is 548. The Morgan fingerprint density at radius 1 is 1.41 bits per heavy atom. The van der Waals surface area contributed by atoms with E-state index in [4.69, 9.17) is 16.3 Å². The predicted octanol–water partition coefficient (Wildman–Crippen LogP) is 0.310. The molecule has 1 amide bonds. The number of rotatable bonds is 7. The summed E-state index contributed by atoms with van der Waals surface area (Å²) in [5.41, 5.74) is 0.513. The van der Waals surface area contributed by atoms with Crippen molar-refractivity contribution in [3.8, 4) is 0 Å². The monoisotopic (exact) mass is 422 g/mol. The first-order valence-electron chi connectivity index (χ1n) is 9.27. The highest BCUT2D eigenvalue weighted by molar-refractivity contribution is 7.99. The van der Waals surface area contributed by atoms with E-state index >= 15 is 0 Å². The fourth-order valence-corrected chi connectivity index (χ4v) is 4.54. The number of hydrogen-bond acceptors (Lipinski definition) is 7. The molecule has 0 unspecified atom stereocenters. The van der Waals surface area contributed by atoms with Crippen LogP contribution in [0.2, 0.25) is 0 Å². The summed E-state index contributed by atoms with van der Waals surface area (Å²) in [7, 11) is 1.89. The van der Waals surface area contributed by atoms with Gasteiger partial charge in [-0.15, -0.1) is 23.4 Å². The molecule has 2 aliphatic heterocycles. The van der Waals surface area contributed by atoms with Gasteiger partial charge in [0.15, 0.2) is 0 Å². The van der Waals surface area contributed by atoms with Crippen LogP contribution in [0.5, 0.6) is 0 Å². The normalized spacial score (nSPS) is 37.0. The summed E-state index contributed by atoms with van der Waals surface area (Å²) < 4.78 is 5.78. The molecule has 0 aromatic heterocycles. The van der Waals surface area contributed by atoms with Crippen LogP contribution in [0.15, 0.2) is 11.6 Å². The number of thioether (sulfide) groups is 1. The summed E-state index contributed by atoms with van der Waals surface area (Å²) in [6.07, 6.45) is 0.804. The summed E-state index contributed by atoms with van der Waals surface area (Å²) in [6.45, 7) is 4.54. The first-order chi connectivity index (χ1) is 12.7. The van der Waals surface area contributed by atoms with Crippen LogP contribution < -0.4 is 5.32 Å². The fourth-order valence-electron chi connectivity index (χ4n) is 3.65. The Morgan fingerprint density at radius 2 is 2.07 bits per heavy atom. The molecule has 2 aliphatic rings. The van der Waals surface area contributed by atoms with Gasteiger partial charge in [-0.1, -0.05) is 25.0 Å². The highest BCUT2D eigenvalue weighted by Gasteiger charge is 2.48. The second-order valence-corrected chi connectivity index (χ2v) is 8.95. The summed E-state index contributed by atoms with van der Waals surface area (Å²) >= 11 is 7.52. The van der Waals surface area contributed by atoms with Crippen LogP contribution in [0.3, 0.4) is 0 Å². The SMILES string of the molecule is CCCC1=C[C@H](C(=O)N[C@@H]([C@@H]2O[C@H](SC)[C@H](O)[C@H](O)[C@H]2O)[C@H](C)Cl)N(C)C1. The van der Waals surface area contributed by atoms with E-state index in [0.29, 0.717) is 0 Å². The summed E-state index contributed by atoms with van der Waals surface area (Å²) in [5.74, 6) is -0.224. The van der Waals surface area contributed by atoms with Crippen molar-refractivity contribution in [2.75, 3.05) is 19.8 Å². The quantitative estimate of drug-likeness (QED) is 0.346. The third-order valence-electron chi connectivity index (χ3n) is 5.16. The highest BCUT2D eigenvalue weighted by atomic mass is 35.5. The van der Waals surface area contributed by atoms with Crippen LogP contribution in [0.25, 0.3) is 0 Å². The van der Waals surface area contributed by atoms with Gasteiger partial charge in [-0.25, -0.2) is 0 Å². The van der Waals surface area contributed by atoms with Gasteiger partial charge in [0, 0.05) is 6.54 Å². The molecule has 4 N–H and O–H groups in total. The van der Waals surface area contributed by atoms with Crippen molar-refractivity contribution in [2.24, 2.45) is 0 Å². The molecule has 156 valence electrons. The zero-order chi connectivity index (χ0) is 20.3. The van der Waals surface area contributed by atoms with E-state index in [9.17, 15) is 20.1 Å². The fraction of sp³-hybridized carbons (Fsp3) is 0.833. The molecular weight excluding hydrogens is 392 g/mol. The van der Waals surface area contributed by atoms with Crippen molar-refractivity contribution in [3.05, 3.63) is 11.6 Å². The van der Waals surface area contributed by atoms with Gasteiger partial charge in [-0.2, -0.15) is 0 Å². The number of nitrogens with one attached hydrogen (secondary N) is 1. The molecule has 0 spiro atoms. The van der Waals surface area contributed by atoms with E-state index < -0.39 is 47.3 Å². The maximum absolute atomic E-state index is 12.9. The number of aliphatic hydroxyl groups is 3. The number of alkyl halides is 1. The molecule has 0 bridgehead atoms. The van der Waals surface area contributed by atoms with E-state index in [1.54, 1.807) is 13.2 Å². The van der Waals surface area contributed by atoms with Crippen molar-refractivity contribution >= 4 is 29.3 Å². The van der Waals surface area contributed by atoms with Crippen LogP contribution in [0.4, 0.5) is 0 Å². The topological polar surface area (TPSA) is 102 Å². The van der Waals surface area contributed by atoms with E-state index in [2.05, 4.69) is 12.2 Å². The average Bonchev–Trinajstić information content (AvgIpc) is 2.99. The second-order valence-electron chi connectivity index (χ2n) is 7.32. The van der Waals surface area contributed by atoms with E-state index in [1.165, 1.54) is 17.3 Å². The Labute approximate surface area is 170 Å². The molecule has 1 saturated heterocycles. The first-order valence-corrected chi connectivity index (χ1v) is 11.0. The molecule has 2 heterocycles. The molecule has 0 aromatic carbocycles. The number of halogens is 1. The van der Waals surface area contributed by atoms with Gasteiger partial charge in [-0.05, 0) is 26.6 Å². The van der Waals surface area contributed by atoms with E-state index in [-0.39, 0.29) is 5.91 Å². The summed E-state index contributed by atoms with van der Waals surface area (Å²) in [5, 5.41) is 32.9. The summed E-state index contributed by atoms with van der Waals surface area (Å²) in [6, 6.07) is -1.12. The van der Waals surface area contributed by atoms with Gasteiger partial charge >= 0.3 is 0 Å². The van der Waals surface area contributed by atoms with Gasteiger partial charge < -0.3 is 25.4 Å². The number of nitrogens with zero attached hydrogens (tertiary/aromatic N) is 1. The van der Waals surface area contributed by atoms with Crippen LogP contribution in [-0.4, -0.2) is 93.3 Å². The number of carbonyl (C=O) groups excluding carboxylic acids is 1. The molecule has 2 rings (SSSR count). The third kappa shape index (κ3) is 5.18. The van der Waals surface area contributed by atoms with Crippen LogP contribution >= 0.6 is 23.4 Å². The lowest BCUT2D eigenvalue weighted by Gasteiger charge is -2.44. The van der Waals surface area contributed by atoms with Crippen molar-refractivity contribution in [3.63, 3.8) is 0 Å². The number of aliphatic hydroxyl groups excluding tert-OH is 3. The molecule has 1 fully saturated rings. The third-order valence-corrected chi connectivity index (χ3v) is 6.28. The number of amides is 1. The first kappa shape index (κ1) is 22.9. The average molecular weight is 423 g/mol. The summed E-state index contributed by atoms with van der Waals surface area (Å²) in [4.78, 5) is 14.8. The molecule has 0 aromatic rings. The molecular formula is C18H31ClN2O5S. The minimum Gasteiger partial charge on any atom is -0.388 e. The van der Waals surface area contributed by atoms with Gasteiger partial charge in [0.2, 0.25) is 5.91 Å². The van der Waals surface area contributed by atoms with Gasteiger partial charge in [0.1, 0.15) is 35.9 Å². The molecule has 27 heavy (non-hydrogen) atoms. The van der Waals surface area contributed by atoms with E-state index in [1.807, 2.05) is 18.0 Å². The Balaban J connectivity index is 2.14. The molecule has 0 saturated carbocycles. The number of hydrogen-bond donors (Lipinski definition) is 4. The standard InChI is InChI=1S/C18H31ClN2O5S/c1-5-6-10-7-11(21(3)8-10)17(25)20-12(9(2)19)16-14(23)13(22)15(24)18(26-16)27-4/h7,9,11-16,18,22-24H,5-6,8H2,1-4H3,(H,20,25)/t9-,11+,12+,13+,14+,15+,16-,18+/m0/s1. The van der Waals surface area contributed by atoms with Crippen LogP contribution in [0, 0.1) is 0 Å². The van der Waals surface area contributed by atoms with Crippen molar-refractivity contribution < 1.29 is 24.9 Å². The lowest BCUT2D eigenvalue weighted by Crippen LogP contribution is -2.65. The van der Waals surface area contributed by atoms with E-state index in [0.717, 1.165) is 19.4 Å². The number of carbonyl (C=O) groups is 1. The van der Waals surface area contributed by atoms with Crippen molar-refractivity contribution in [2.45, 2.75) is 74.0 Å². The smallest absolute Gasteiger partial charge is 0.241 e. The van der Waals surface area contributed by atoms with Crippen LogP contribution in [0.1, 0.15) is 26.7 Å².